The van der Waals surface area contributed by atoms with E-state index >= 15 is 0 Å². The SMILES string of the molecule is CCOCCOc1ccccc1C(=O)NNC(=O)c1ccc(NC(=O)C2CC2)cc1. The van der Waals surface area contributed by atoms with Crippen LogP contribution >= 0.6 is 0 Å². The van der Waals surface area contributed by atoms with Crippen LogP contribution in [0.25, 0.3) is 0 Å². The van der Waals surface area contributed by atoms with Crippen LogP contribution in [0.15, 0.2) is 48.5 Å². The van der Waals surface area contributed by atoms with Crippen molar-refractivity contribution in [3.8, 4) is 5.75 Å². The number of carbonyl (C=O) groups is 3. The highest BCUT2D eigenvalue weighted by molar-refractivity contribution is 6.01. The van der Waals surface area contributed by atoms with E-state index in [9.17, 15) is 14.4 Å². The number of hydrogen-bond acceptors (Lipinski definition) is 5. The molecular formula is C22H25N3O5. The molecule has 1 fully saturated rings. The molecule has 1 aliphatic carbocycles. The van der Waals surface area contributed by atoms with Crippen molar-refractivity contribution in [1.82, 2.24) is 10.9 Å². The van der Waals surface area contributed by atoms with Crippen LogP contribution in [-0.4, -0.2) is 37.5 Å². The quantitative estimate of drug-likeness (QED) is 0.434. The third kappa shape index (κ3) is 6.05. The first-order chi connectivity index (χ1) is 14.6. The van der Waals surface area contributed by atoms with E-state index in [2.05, 4.69) is 16.2 Å². The Labute approximate surface area is 174 Å². The Bertz CT molecular complexity index is 894. The second-order valence-electron chi connectivity index (χ2n) is 6.79. The Kier molecular flexibility index (Phi) is 7.40. The molecule has 0 atom stereocenters. The minimum atomic E-state index is -0.497. The lowest BCUT2D eigenvalue weighted by Gasteiger charge is -2.12. The van der Waals surface area contributed by atoms with Crippen LogP contribution in [0, 0.1) is 5.92 Å². The van der Waals surface area contributed by atoms with Crippen molar-refractivity contribution in [3.05, 3.63) is 59.7 Å². The largest absolute Gasteiger partial charge is 0.490 e. The normalized spacial score (nSPS) is 12.7. The van der Waals surface area contributed by atoms with E-state index in [0.717, 1.165) is 12.8 Å². The van der Waals surface area contributed by atoms with Gasteiger partial charge in [-0.15, -0.1) is 0 Å². The van der Waals surface area contributed by atoms with Gasteiger partial charge in [-0.2, -0.15) is 0 Å². The Hall–Kier alpha value is -3.39. The van der Waals surface area contributed by atoms with Crippen LogP contribution in [0.1, 0.15) is 40.5 Å². The highest BCUT2D eigenvalue weighted by Crippen LogP contribution is 2.30. The molecule has 0 spiro atoms. The van der Waals surface area contributed by atoms with Gasteiger partial charge >= 0.3 is 0 Å². The zero-order chi connectivity index (χ0) is 21.3. The zero-order valence-corrected chi connectivity index (χ0v) is 16.8. The van der Waals surface area contributed by atoms with E-state index in [1.165, 1.54) is 0 Å². The standard InChI is InChI=1S/C22H25N3O5/c1-2-29-13-14-30-19-6-4-3-5-18(19)22(28)25-24-21(27)16-9-11-17(12-10-16)23-20(26)15-7-8-15/h3-6,9-12,15H,2,7-8,13-14H2,1H3,(H,23,26)(H,24,27)(H,25,28). The number of hydrogen-bond donors (Lipinski definition) is 3. The Balaban J connectivity index is 1.51. The van der Waals surface area contributed by atoms with Gasteiger partial charge in [0.25, 0.3) is 11.8 Å². The fourth-order valence-electron chi connectivity index (χ4n) is 2.68. The van der Waals surface area contributed by atoms with E-state index in [-0.39, 0.29) is 11.8 Å². The molecule has 1 saturated carbocycles. The lowest BCUT2D eigenvalue weighted by atomic mass is 10.2. The molecule has 3 amide bonds. The maximum atomic E-state index is 12.5. The van der Waals surface area contributed by atoms with Gasteiger partial charge in [-0.05, 0) is 56.2 Å². The number of nitrogens with one attached hydrogen (secondary N) is 3. The van der Waals surface area contributed by atoms with Crippen LogP contribution in [-0.2, 0) is 9.53 Å². The Morgan fingerprint density at radius 2 is 1.63 bits per heavy atom. The van der Waals surface area contributed by atoms with Crippen molar-refractivity contribution in [1.29, 1.82) is 0 Å². The van der Waals surface area contributed by atoms with Crippen molar-refractivity contribution >= 4 is 23.4 Å². The summed E-state index contributed by atoms with van der Waals surface area (Å²) in [6.45, 7) is 3.21. The summed E-state index contributed by atoms with van der Waals surface area (Å²) in [6.07, 6.45) is 1.85. The summed E-state index contributed by atoms with van der Waals surface area (Å²) in [5, 5.41) is 2.81. The second-order valence-corrected chi connectivity index (χ2v) is 6.79. The van der Waals surface area contributed by atoms with Gasteiger partial charge in [-0.25, -0.2) is 0 Å². The number of hydrazine groups is 1. The van der Waals surface area contributed by atoms with E-state index in [0.29, 0.717) is 42.4 Å². The molecule has 158 valence electrons. The molecule has 2 aromatic carbocycles. The fraction of sp³-hybridized carbons (Fsp3) is 0.318. The number of benzene rings is 2. The number of para-hydroxylation sites is 1. The summed E-state index contributed by atoms with van der Waals surface area (Å²) in [7, 11) is 0. The first-order valence-corrected chi connectivity index (χ1v) is 9.89. The molecule has 0 aromatic heterocycles. The monoisotopic (exact) mass is 411 g/mol. The van der Waals surface area contributed by atoms with Gasteiger partial charge in [0.1, 0.15) is 12.4 Å². The third-order valence-electron chi connectivity index (χ3n) is 4.47. The summed E-state index contributed by atoms with van der Waals surface area (Å²) in [5.41, 5.74) is 6.05. The maximum Gasteiger partial charge on any atom is 0.273 e. The Morgan fingerprint density at radius 3 is 2.33 bits per heavy atom. The molecular weight excluding hydrogens is 386 g/mol. The smallest absolute Gasteiger partial charge is 0.273 e. The topological polar surface area (TPSA) is 106 Å². The van der Waals surface area contributed by atoms with Crippen LogP contribution in [0.5, 0.6) is 5.75 Å². The molecule has 3 rings (SSSR count). The average Bonchev–Trinajstić information content (AvgIpc) is 3.61. The highest BCUT2D eigenvalue weighted by Gasteiger charge is 2.29. The van der Waals surface area contributed by atoms with E-state index in [4.69, 9.17) is 9.47 Å². The van der Waals surface area contributed by atoms with E-state index in [1.54, 1.807) is 48.5 Å². The maximum absolute atomic E-state index is 12.5. The van der Waals surface area contributed by atoms with Gasteiger partial charge in [-0.1, -0.05) is 12.1 Å². The third-order valence-corrected chi connectivity index (χ3v) is 4.47. The van der Waals surface area contributed by atoms with Gasteiger partial charge in [0.05, 0.1) is 12.2 Å². The lowest BCUT2D eigenvalue weighted by molar-refractivity contribution is -0.117. The molecule has 0 heterocycles. The molecule has 1 aliphatic rings. The molecule has 0 bridgehead atoms. The summed E-state index contributed by atoms with van der Waals surface area (Å²) >= 11 is 0. The molecule has 8 heteroatoms. The van der Waals surface area contributed by atoms with Crippen LogP contribution in [0.2, 0.25) is 0 Å². The Morgan fingerprint density at radius 1 is 0.933 bits per heavy atom. The van der Waals surface area contributed by atoms with Crippen molar-refractivity contribution in [3.63, 3.8) is 0 Å². The van der Waals surface area contributed by atoms with Crippen molar-refractivity contribution in [2.24, 2.45) is 5.92 Å². The first-order valence-electron chi connectivity index (χ1n) is 9.89. The molecule has 0 aliphatic heterocycles. The van der Waals surface area contributed by atoms with Crippen molar-refractivity contribution < 1.29 is 23.9 Å². The zero-order valence-electron chi connectivity index (χ0n) is 16.8. The van der Waals surface area contributed by atoms with E-state index in [1.807, 2.05) is 6.92 Å². The minimum Gasteiger partial charge on any atom is -0.490 e. The molecule has 8 nitrogen and oxygen atoms in total. The van der Waals surface area contributed by atoms with Crippen molar-refractivity contribution in [2.75, 3.05) is 25.1 Å². The summed E-state index contributed by atoms with van der Waals surface area (Å²) < 4.78 is 10.8. The van der Waals surface area contributed by atoms with Crippen molar-refractivity contribution in [2.45, 2.75) is 19.8 Å². The molecule has 3 N–H and O–H groups in total. The average molecular weight is 411 g/mol. The first kappa shape index (κ1) is 21.3. The lowest BCUT2D eigenvalue weighted by Crippen LogP contribution is -2.41. The molecule has 0 radical (unpaired) electrons. The van der Waals surface area contributed by atoms with Crippen LogP contribution in [0.3, 0.4) is 0 Å². The van der Waals surface area contributed by atoms with Gasteiger partial charge < -0.3 is 14.8 Å². The summed E-state index contributed by atoms with van der Waals surface area (Å²) in [5.74, 6) is -0.461. The summed E-state index contributed by atoms with van der Waals surface area (Å²) in [6, 6.07) is 13.2. The van der Waals surface area contributed by atoms with Crippen LogP contribution in [0.4, 0.5) is 5.69 Å². The number of anilines is 1. The molecule has 0 saturated heterocycles. The highest BCUT2D eigenvalue weighted by atomic mass is 16.5. The number of amides is 3. The van der Waals surface area contributed by atoms with E-state index < -0.39 is 11.8 Å². The molecule has 2 aromatic rings. The second kappa shape index (κ2) is 10.4. The predicted octanol–water partition coefficient (Wildman–Crippen LogP) is 2.53. The summed E-state index contributed by atoms with van der Waals surface area (Å²) in [4.78, 5) is 36.5. The van der Waals surface area contributed by atoms with Gasteiger partial charge in [-0.3, -0.25) is 25.2 Å². The number of carbonyl (C=O) groups excluding carboxylic acids is 3. The van der Waals surface area contributed by atoms with Gasteiger partial charge in [0, 0.05) is 23.8 Å². The molecule has 0 unspecified atom stereocenters. The minimum absolute atomic E-state index is 0.00149. The van der Waals surface area contributed by atoms with Crippen LogP contribution < -0.4 is 20.9 Å². The number of rotatable bonds is 9. The predicted molar refractivity (Wildman–Crippen MR) is 111 cm³/mol. The van der Waals surface area contributed by atoms with Gasteiger partial charge in [0.2, 0.25) is 5.91 Å². The van der Waals surface area contributed by atoms with Gasteiger partial charge in [0.15, 0.2) is 0 Å². The fourth-order valence-corrected chi connectivity index (χ4v) is 2.68. The number of ether oxygens (including phenoxy) is 2. The molecule has 30 heavy (non-hydrogen) atoms.